The molecule has 1 aliphatic rings. The Labute approximate surface area is 165 Å². The Morgan fingerprint density at radius 1 is 1.07 bits per heavy atom. The van der Waals surface area contributed by atoms with Gasteiger partial charge in [0, 0.05) is 24.3 Å². The molecule has 0 saturated carbocycles. The quantitative estimate of drug-likeness (QED) is 0.777. The number of methoxy groups -OCH3 is 2. The minimum atomic E-state index is -0.303. The van der Waals surface area contributed by atoms with Crippen molar-refractivity contribution in [1.29, 1.82) is 0 Å². The van der Waals surface area contributed by atoms with E-state index in [0.29, 0.717) is 23.5 Å². The summed E-state index contributed by atoms with van der Waals surface area (Å²) >= 11 is 0. The van der Waals surface area contributed by atoms with E-state index in [2.05, 4.69) is 10.2 Å². The van der Waals surface area contributed by atoms with E-state index >= 15 is 0 Å². The topological polar surface area (TPSA) is 67.9 Å². The summed E-state index contributed by atoms with van der Waals surface area (Å²) in [7, 11) is 3.25. The predicted molar refractivity (Wildman–Crippen MR) is 108 cm³/mol. The maximum Gasteiger partial charge on any atom is 0.241 e. The van der Waals surface area contributed by atoms with Crippen molar-refractivity contribution in [3.8, 4) is 11.5 Å². The monoisotopic (exact) mass is 382 g/mol. The highest BCUT2D eigenvalue weighted by Gasteiger charge is 2.26. The largest absolute Gasteiger partial charge is 0.493 e. The van der Waals surface area contributed by atoms with Gasteiger partial charge in [-0.3, -0.25) is 14.5 Å². The molecule has 2 aromatic rings. The van der Waals surface area contributed by atoms with Gasteiger partial charge < -0.3 is 14.8 Å². The number of anilines is 1. The summed E-state index contributed by atoms with van der Waals surface area (Å²) in [5, 5.41) is 2.92. The first-order chi connectivity index (χ1) is 13.4. The van der Waals surface area contributed by atoms with Gasteiger partial charge >= 0.3 is 0 Å². The van der Waals surface area contributed by atoms with Crippen molar-refractivity contribution in [2.24, 2.45) is 0 Å². The van der Waals surface area contributed by atoms with E-state index < -0.39 is 0 Å². The highest BCUT2D eigenvalue weighted by Crippen LogP contribution is 2.33. The van der Waals surface area contributed by atoms with Crippen LogP contribution in [0.25, 0.3) is 0 Å². The fourth-order valence-electron chi connectivity index (χ4n) is 3.46. The molecule has 0 fully saturated rings. The van der Waals surface area contributed by atoms with Crippen LogP contribution in [0.15, 0.2) is 36.4 Å². The number of hydrogen-bond donors (Lipinski definition) is 1. The van der Waals surface area contributed by atoms with Gasteiger partial charge in [-0.2, -0.15) is 0 Å². The minimum Gasteiger partial charge on any atom is -0.493 e. The number of fused-ring (bicyclic) bond motifs is 1. The lowest BCUT2D eigenvalue weighted by molar-refractivity contribution is -0.121. The Morgan fingerprint density at radius 3 is 2.39 bits per heavy atom. The normalized spacial score (nSPS) is 14.7. The second-order valence-corrected chi connectivity index (χ2v) is 7.00. The van der Waals surface area contributed by atoms with Gasteiger partial charge in [-0.15, -0.1) is 0 Å². The molecular formula is C22H26N2O4. The third kappa shape index (κ3) is 4.17. The number of rotatable bonds is 6. The second-order valence-electron chi connectivity index (χ2n) is 7.00. The first kappa shape index (κ1) is 19.9. The van der Waals surface area contributed by atoms with Crippen molar-refractivity contribution in [1.82, 2.24) is 4.90 Å². The number of ether oxygens (including phenoxy) is 2. The smallest absolute Gasteiger partial charge is 0.241 e. The van der Waals surface area contributed by atoms with Crippen LogP contribution in [0, 0.1) is 0 Å². The van der Waals surface area contributed by atoms with Crippen LogP contribution in [0.3, 0.4) is 0 Å². The summed E-state index contributed by atoms with van der Waals surface area (Å²) in [6, 6.07) is 10.7. The molecule has 6 heteroatoms. The lowest BCUT2D eigenvalue weighted by Crippen LogP contribution is -2.44. The molecule has 1 N–H and O–H groups in total. The summed E-state index contributed by atoms with van der Waals surface area (Å²) in [6.45, 7) is 4.86. The fourth-order valence-corrected chi connectivity index (χ4v) is 3.46. The summed E-state index contributed by atoms with van der Waals surface area (Å²) < 4.78 is 10.8. The number of ketones is 1. The predicted octanol–water partition coefficient (Wildman–Crippen LogP) is 3.29. The van der Waals surface area contributed by atoms with Crippen molar-refractivity contribution < 1.29 is 19.1 Å². The first-order valence-corrected chi connectivity index (χ1v) is 9.32. The van der Waals surface area contributed by atoms with Gasteiger partial charge in [0.2, 0.25) is 5.91 Å². The van der Waals surface area contributed by atoms with Gasteiger partial charge in [0.1, 0.15) is 0 Å². The number of nitrogens with one attached hydrogen (secondary N) is 1. The molecule has 0 aliphatic carbocycles. The fraction of sp³-hybridized carbons (Fsp3) is 0.364. The molecule has 0 radical (unpaired) electrons. The number of carbonyl (C=O) groups excluding carboxylic acids is 2. The highest BCUT2D eigenvalue weighted by atomic mass is 16.5. The molecule has 0 unspecified atom stereocenters. The van der Waals surface area contributed by atoms with Crippen LogP contribution in [0.1, 0.15) is 35.3 Å². The molecule has 3 rings (SSSR count). The molecule has 148 valence electrons. The van der Waals surface area contributed by atoms with Gasteiger partial charge in [-0.05, 0) is 55.7 Å². The van der Waals surface area contributed by atoms with E-state index in [4.69, 9.17) is 9.47 Å². The third-order valence-electron chi connectivity index (χ3n) is 5.21. The van der Waals surface area contributed by atoms with E-state index in [1.54, 1.807) is 38.5 Å². The zero-order valence-electron chi connectivity index (χ0n) is 16.7. The molecule has 6 nitrogen and oxygen atoms in total. The summed E-state index contributed by atoms with van der Waals surface area (Å²) in [5.74, 6) is 1.30. The Hall–Kier alpha value is -2.86. The van der Waals surface area contributed by atoms with Crippen LogP contribution in [0.4, 0.5) is 5.69 Å². The van der Waals surface area contributed by atoms with Gasteiger partial charge in [0.05, 0.1) is 20.3 Å². The maximum absolute atomic E-state index is 12.7. The lowest BCUT2D eigenvalue weighted by atomic mass is 9.97. The van der Waals surface area contributed by atoms with Gasteiger partial charge in [0.25, 0.3) is 0 Å². The zero-order chi connectivity index (χ0) is 20.3. The number of carbonyl (C=O) groups is 2. The Morgan fingerprint density at radius 2 is 1.75 bits per heavy atom. The number of nitrogens with zero attached hydrogens (tertiary/aromatic N) is 1. The molecule has 1 atom stereocenters. The molecule has 0 bridgehead atoms. The molecule has 28 heavy (non-hydrogen) atoms. The van der Waals surface area contributed by atoms with Gasteiger partial charge in [-0.1, -0.05) is 12.1 Å². The molecule has 0 saturated heterocycles. The molecule has 1 amide bonds. The molecular weight excluding hydrogens is 356 g/mol. The van der Waals surface area contributed by atoms with Crippen molar-refractivity contribution >= 4 is 17.4 Å². The third-order valence-corrected chi connectivity index (χ3v) is 5.21. The van der Waals surface area contributed by atoms with Crippen LogP contribution in [-0.2, 0) is 17.8 Å². The van der Waals surface area contributed by atoms with Crippen molar-refractivity contribution in [3.05, 3.63) is 53.1 Å². The van der Waals surface area contributed by atoms with E-state index in [9.17, 15) is 9.59 Å². The van der Waals surface area contributed by atoms with Crippen molar-refractivity contribution in [2.75, 3.05) is 26.1 Å². The van der Waals surface area contributed by atoms with Crippen LogP contribution in [0.2, 0.25) is 0 Å². The van der Waals surface area contributed by atoms with Crippen molar-refractivity contribution in [2.45, 2.75) is 32.9 Å². The van der Waals surface area contributed by atoms with Crippen LogP contribution < -0.4 is 14.8 Å². The number of benzene rings is 2. The second kappa shape index (κ2) is 8.44. The average molecular weight is 382 g/mol. The number of hydrogen-bond acceptors (Lipinski definition) is 5. The molecule has 1 aliphatic heterocycles. The SMILES string of the molecule is COc1cc2c(cc1OC)CN([C@@H](C)C(=O)Nc1cccc(C(C)=O)c1)CC2. The molecule has 2 aromatic carbocycles. The van der Waals surface area contributed by atoms with Crippen LogP contribution >= 0.6 is 0 Å². The zero-order valence-corrected chi connectivity index (χ0v) is 16.7. The molecule has 0 spiro atoms. The summed E-state index contributed by atoms with van der Waals surface area (Å²) in [6.07, 6.45) is 0.840. The van der Waals surface area contributed by atoms with E-state index in [0.717, 1.165) is 24.3 Å². The molecule has 0 aromatic heterocycles. The molecule has 1 heterocycles. The van der Waals surface area contributed by atoms with Crippen LogP contribution in [-0.4, -0.2) is 43.4 Å². The van der Waals surface area contributed by atoms with Gasteiger partial charge in [0.15, 0.2) is 17.3 Å². The maximum atomic E-state index is 12.7. The minimum absolute atomic E-state index is 0.0267. The van der Waals surface area contributed by atoms with E-state index in [1.165, 1.54) is 12.5 Å². The van der Waals surface area contributed by atoms with E-state index in [-0.39, 0.29) is 17.7 Å². The van der Waals surface area contributed by atoms with Crippen LogP contribution in [0.5, 0.6) is 11.5 Å². The summed E-state index contributed by atoms with van der Waals surface area (Å²) in [4.78, 5) is 26.4. The average Bonchev–Trinajstić information content (AvgIpc) is 2.71. The number of amides is 1. The first-order valence-electron chi connectivity index (χ1n) is 9.32. The van der Waals surface area contributed by atoms with E-state index in [1.807, 2.05) is 19.1 Å². The Balaban J connectivity index is 1.71. The summed E-state index contributed by atoms with van der Waals surface area (Å²) in [5.41, 5.74) is 3.57. The number of Topliss-reactive ketones (excluding diaryl/α,β-unsaturated/α-hetero) is 1. The Kier molecular flexibility index (Phi) is 5.99. The standard InChI is InChI=1S/C22H26N2O4/c1-14(22(26)23-19-7-5-6-16(10-19)15(2)25)24-9-8-17-11-20(27-3)21(28-4)12-18(17)13-24/h5-7,10-12,14H,8-9,13H2,1-4H3,(H,23,26)/t14-/m0/s1. The lowest BCUT2D eigenvalue weighted by Gasteiger charge is -2.33. The van der Waals surface area contributed by atoms with Gasteiger partial charge in [-0.25, -0.2) is 0 Å². The highest BCUT2D eigenvalue weighted by molar-refractivity contribution is 5.98. The van der Waals surface area contributed by atoms with Crippen molar-refractivity contribution in [3.63, 3.8) is 0 Å². The Bertz CT molecular complexity index is 894.